The number of ether oxygens (including phenoxy) is 1. The van der Waals surface area contributed by atoms with Gasteiger partial charge in [-0.3, -0.25) is 0 Å². The summed E-state index contributed by atoms with van der Waals surface area (Å²) < 4.78 is 5.95. The zero-order valence-electron chi connectivity index (χ0n) is 11.5. The number of rotatable bonds is 4. The lowest BCUT2D eigenvalue weighted by Crippen LogP contribution is -2.10. The smallest absolute Gasteiger partial charge is 0.124 e. The van der Waals surface area contributed by atoms with Gasteiger partial charge in [-0.1, -0.05) is 35.9 Å². The molecule has 1 N–H and O–H groups in total. The van der Waals surface area contributed by atoms with E-state index in [9.17, 15) is 5.11 Å². The van der Waals surface area contributed by atoms with E-state index >= 15 is 0 Å². The van der Waals surface area contributed by atoms with Crippen molar-refractivity contribution in [1.82, 2.24) is 0 Å². The number of hydrogen-bond acceptors (Lipinski definition) is 3. The van der Waals surface area contributed by atoms with Crippen LogP contribution in [0.25, 0.3) is 0 Å². The first-order valence-corrected chi connectivity index (χ1v) is 7.81. The number of thioether (sulfide) groups is 1. The second-order valence-corrected chi connectivity index (χ2v) is 6.19. The zero-order chi connectivity index (χ0) is 13.9. The van der Waals surface area contributed by atoms with E-state index in [4.69, 9.17) is 4.74 Å². The van der Waals surface area contributed by atoms with Gasteiger partial charge in [0, 0.05) is 22.1 Å². The van der Waals surface area contributed by atoms with Crippen LogP contribution in [0.5, 0.6) is 5.75 Å². The number of aliphatic hydroxyl groups excluding tert-OH is 1. The summed E-state index contributed by atoms with van der Waals surface area (Å²) in [6, 6.07) is 14.5. The van der Waals surface area contributed by atoms with E-state index in [-0.39, 0.29) is 6.61 Å². The maximum Gasteiger partial charge on any atom is 0.124 e. The van der Waals surface area contributed by atoms with Crippen LogP contribution < -0.4 is 4.74 Å². The average molecular weight is 286 g/mol. The molecular formula is C17H18O2S. The first-order valence-electron chi connectivity index (χ1n) is 6.83. The minimum absolute atomic E-state index is 0.0209. The largest absolute Gasteiger partial charge is 0.493 e. The predicted octanol–water partition coefficient (Wildman–Crippen LogP) is 3.76. The number of hydrogen-bond donors (Lipinski definition) is 1. The Bertz CT molecular complexity index is 610. The lowest BCUT2D eigenvalue weighted by Gasteiger charge is -2.15. The van der Waals surface area contributed by atoms with Crippen molar-refractivity contribution in [3.8, 4) is 5.75 Å². The third-order valence-corrected chi connectivity index (χ3v) is 4.88. The Kier molecular flexibility index (Phi) is 3.99. The molecule has 0 spiro atoms. The fourth-order valence-corrected chi connectivity index (χ4v) is 3.76. The van der Waals surface area contributed by atoms with Crippen molar-refractivity contribution in [2.45, 2.75) is 24.3 Å². The van der Waals surface area contributed by atoms with Gasteiger partial charge in [-0.2, -0.15) is 0 Å². The molecule has 1 aliphatic rings. The van der Waals surface area contributed by atoms with E-state index < -0.39 is 0 Å². The monoisotopic (exact) mass is 286 g/mol. The first kappa shape index (κ1) is 13.5. The molecule has 3 heteroatoms. The highest BCUT2D eigenvalue weighted by atomic mass is 32.2. The number of aryl methyl sites for hydroxylation is 1. The Hall–Kier alpha value is -1.45. The molecule has 1 atom stereocenters. The van der Waals surface area contributed by atoms with Gasteiger partial charge in [0.25, 0.3) is 0 Å². The molecule has 1 aliphatic heterocycles. The van der Waals surface area contributed by atoms with Gasteiger partial charge in [0.05, 0.1) is 13.2 Å². The standard InChI is InChI=1S/C17H18O2S/c1-12-6-7-16(13(8-12)9-18)19-10-14-11-20-17-5-3-2-4-15(14)17/h2-8,14,18H,9-11H2,1H3. The molecule has 0 saturated heterocycles. The van der Waals surface area contributed by atoms with Gasteiger partial charge in [-0.25, -0.2) is 0 Å². The maximum atomic E-state index is 9.41. The van der Waals surface area contributed by atoms with Gasteiger partial charge in [0.1, 0.15) is 5.75 Å². The summed E-state index contributed by atoms with van der Waals surface area (Å²) in [6.45, 7) is 2.71. The van der Waals surface area contributed by atoms with E-state index in [0.717, 1.165) is 22.6 Å². The van der Waals surface area contributed by atoms with Crippen LogP contribution >= 0.6 is 11.8 Å². The van der Waals surface area contributed by atoms with Crippen LogP contribution in [0.4, 0.5) is 0 Å². The molecule has 2 aromatic carbocycles. The summed E-state index contributed by atoms with van der Waals surface area (Å²) in [7, 11) is 0. The molecular weight excluding hydrogens is 268 g/mol. The highest BCUT2D eigenvalue weighted by Crippen LogP contribution is 2.39. The van der Waals surface area contributed by atoms with E-state index in [2.05, 4.69) is 24.3 Å². The molecule has 1 heterocycles. The zero-order valence-corrected chi connectivity index (χ0v) is 12.3. The van der Waals surface area contributed by atoms with Crippen molar-refractivity contribution in [3.05, 3.63) is 59.2 Å². The molecule has 2 aromatic rings. The Morgan fingerprint density at radius 2 is 2.10 bits per heavy atom. The minimum Gasteiger partial charge on any atom is -0.493 e. The Morgan fingerprint density at radius 1 is 1.25 bits per heavy atom. The summed E-state index contributed by atoms with van der Waals surface area (Å²) in [4.78, 5) is 1.37. The van der Waals surface area contributed by atoms with Crippen molar-refractivity contribution >= 4 is 11.8 Å². The van der Waals surface area contributed by atoms with E-state index in [1.54, 1.807) is 0 Å². The van der Waals surface area contributed by atoms with Crippen molar-refractivity contribution < 1.29 is 9.84 Å². The van der Waals surface area contributed by atoms with Crippen molar-refractivity contribution in [2.75, 3.05) is 12.4 Å². The molecule has 0 radical (unpaired) electrons. The third kappa shape index (κ3) is 2.69. The molecule has 0 fully saturated rings. The quantitative estimate of drug-likeness (QED) is 0.928. The van der Waals surface area contributed by atoms with Crippen LogP contribution in [0.15, 0.2) is 47.4 Å². The SMILES string of the molecule is Cc1ccc(OCC2CSc3ccccc32)c(CO)c1. The average Bonchev–Trinajstić information content (AvgIpc) is 2.89. The summed E-state index contributed by atoms with van der Waals surface area (Å²) in [5.74, 6) is 2.30. The molecule has 104 valence electrons. The molecule has 0 amide bonds. The molecule has 0 aliphatic carbocycles. The van der Waals surface area contributed by atoms with Crippen LogP contribution in [0.3, 0.4) is 0 Å². The number of benzene rings is 2. The van der Waals surface area contributed by atoms with E-state index in [1.165, 1.54) is 10.5 Å². The summed E-state index contributed by atoms with van der Waals surface area (Å²) >= 11 is 1.89. The van der Waals surface area contributed by atoms with E-state index in [0.29, 0.717) is 12.5 Å². The topological polar surface area (TPSA) is 29.5 Å². The van der Waals surface area contributed by atoms with Crippen molar-refractivity contribution in [2.24, 2.45) is 0 Å². The highest BCUT2D eigenvalue weighted by Gasteiger charge is 2.23. The molecule has 20 heavy (non-hydrogen) atoms. The lowest BCUT2D eigenvalue weighted by atomic mass is 10.0. The van der Waals surface area contributed by atoms with Gasteiger partial charge in [-0.05, 0) is 24.6 Å². The molecule has 0 saturated carbocycles. The Balaban J connectivity index is 1.72. The van der Waals surface area contributed by atoms with Gasteiger partial charge >= 0.3 is 0 Å². The normalized spacial score (nSPS) is 17.0. The summed E-state index contributed by atoms with van der Waals surface area (Å²) in [5.41, 5.74) is 3.39. The molecule has 2 nitrogen and oxygen atoms in total. The molecule has 0 aromatic heterocycles. The lowest BCUT2D eigenvalue weighted by molar-refractivity contribution is 0.257. The Labute approximate surface area is 123 Å². The fraction of sp³-hybridized carbons (Fsp3) is 0.294. The minimum atomic E-state index is 0.0209. The molecule has 3 rings (SSSR count). The van der Waals surface area contributed by atoms with Crippen molar-refractivity contribution in [1.29, 1.82) is 0 Å². The van der Waals surface area contributed by atoms with Gasteiger partial charge in [-0.15, -0.1) is 11.8 Å². The van der Waals surface area contributed by atoms with Crippen LogP contribution in [0.2, 0.25) is 0 Å². The molecule has 1 unspecified atom stereocenters. The summed E-state index contributed by atoms with van der Waals surface area (Å²) in [6.07, 6.45) is 0. The predicted molar refractivity (Wildman–Crippen MR) is 82.5 cm³/mol. The van der Waals surface area contributed by atoms with Crippen LogP contribution in [-0.2, 0) is 6.61 Å². The van der Waals surface area contributed by atoms with E-state index in [1.807, 2.05) is 36.9 Å². The fourth-order valence-electron chi connectivity index (χ4n) is 2.53. The molecule has 0 bridgehead atoms. The van der Waals surface area contributed by atoms with Crippen LogP contribution in [0, 0.1) is 6.92 Å². The van der Waals surface area contributed by atoms with Crippen molar-refractivity contribution in [3.63, 3.8) is 0 Å². The second kappa shape index (κ2) is 5.90. The number of aliphatic hydroxyl groups is 1. The highest BCUT2D eigenvalue weighted by molar-refractivity contribution is 7.99. The number of fused-ring (bicyclic) bond motifs is 1. The Morgan fingerprint density at radius 3 is 2.95 bits per heavy atom. The maximum absolute atomic E-state index is 9.41. The first-order chi connectivity index (χ1) is 9.78. The second-order valence-electron chi connectivity index (χ2n) is 5.13. The van der Waals surface area contributed by atoms with Gasteiger partial charge in [0.2, 0.25) is 0 Å². The summed E-state index contributed by atoms with van der Waals surface area (Å²) in [5, 5.41) is 9.41. The van der Waals surface area contributed by atoms with Crippen LogP contribution in [0.1, 0.15) is 22.6 Å². The third-order valence-electron chi connectivity index (χ3n) is 3.63. The van der Waals surface area contributed by atoms with Crippen LogP contribution in [-0.4, -0.2) is 17.5 Å². The van der Waals surface area contributed by atoms with Gasteiger partial charge in [0.15, 0.2) is 0 Å². The van der Waals surface area contributed by atoms with Gasteiger partial charge < -0.3 is 9.84 Å².